The van der Waals surface area contributed by atoms with Gasteiger partial charge in [-0.15, -0.1) is 0 Å². The summed E-state index contributed by atoms with van der Waals surface area (Å²) in [6.45, 7) is 4.48. The summed E-state index contributed by atoms with van der Waals surface area (Å²) in [6.07, 6.45) is 1.10. The predicted molar refractivity (Wildman–Crippen MR) is 68.0 cm³/mol. The molecule has 0 saturated carbocycles. The van der Waals surface area contributed by atoms with Crippen LogP contribution in [0.5, 0.6) is 0 Å². The highest BCUT2D eigenvalue weighted by atomic mass is 31.3. The van der Waals surface area contributed by atoms with Gasteiger partial charge in [0.1, 0.15) is 0 Å². The third kappa shape index (κ3) is 23.3. The minimum Gasteiger partial charge on any atom is -0.435 e. The minimum atomic E-state index is -5.46. The van der Waals surface area contributed by atoms with E-state index in [-0.39, 0.29) is 23.3 Å². The van der Waals surface area contributed by atoms with Crippen LogP contribution in [0.15, 0.2) is 12.8 Å². The topological polar surface area (TPSA) is 197 Å². The first-order valence-electron chi connectivity index (χ1n) is 3.83. The molecule has 0 fully saturated rings. The van der Waals surface area contributed by atoms with Crippen LogP contribution in [0.2, 0.25) is 0 Å². The van der Waals surface area contributed by atoms with Gasteiger partial charge in [-0.2, -0.15) is 8.62 Å². The molecule has 0 amide bonds. The van der Waals surface area contributed by atoms with Gasteiger partial charge in [0.05, 0.1) is 6.26 Å². The predicted octanol–water partition coefficient (Wildman–Crippen LogP) is -1.19. The van der Waals surface area contributed by atoms with Gasteiger partial charge in [0.2, 0.25) is 0 Å². The standard InChI is InChI=1S/C4H6O2.Al.H5O10P3.3H/c1-3-6-4(2)5;;1-11(2,3)9-13(7,8)10-12(4,5)6;;;/h3H,1H2,2H3;;(H,7,8)(H2,1,2,3)(H2,4,5,6);;;. The molecule has 12 nitrogen and oxygen atoms in total. The zero-order valence-electron chi connectivity index (χ0n) is 9.22. The third-order valence-electron chi connectivity index (χ3n) is 0.668. The van der Waals surface area contributed by atoms with Crippen molar-refractivity contribution in [3.63, 3.8) is 0 Å². The van der Waals surface area contributed by atoms with E-state index < -0.39 is 23.5 Å². The molecule has 0 radical (unpaired) electrons. The molecule has 0 rings (SSSR count). The largest absolute Gasteiger partial charge is 0.490 e. The molecule has 0 unspecified atom stereocenters. The van der Waals surface area contributed by atoms with Crippen LogP contribution < -0.4 is 0 Å². The van der Waals surface area contributed by atoms with E-state index in [0.717, 1.165) is 6.26 Å². The molecule has 16 heteroatoms. The molecule has 0 aromatic rings. The maximum absolute atomic E-state index is 10.4. The van der Waals surface area contributed by atoms with Gasteiger partial charge in [0.25, 0.3) is 0 Å². The molecule has 0 saturated heterocycles. The van der Waals surface area contributed by atoms with Crippen molar-refractivity contribution in [2.24, 2.45) is 0 Å². The van der Waals surface area contributed by atoms with Crippen molar-refractivity contribution in [1.29, 1.82) is 0 Å². The lowest BCUT2D eigenvalue weighted by Gasteiger charge is -2.11. The average molecular weight is 374 g/mol. The lowest BCUT2D eigenvalue weighted by molar-refractivity contribution is -0.135. The number of rotatable bonds is 5. The van der Waals surface area contributed by atoms with Crippen molar-refractivity contribution >= 4 is 46.8 Å². The van der Waals surface area contributed by atoms with Crippen LogP contribution in [0, 0.1) is 0 Å². The third-order valence-corrected chi connectivity index (χ3v) is 4.02. The smallest absolute Gasteiger partial charge is 0.435 e. The zero-order valence-corrected chi connectivity index (χ0v) is 11.9. The number of esters is 1. The van der Waals surface area contributed by atoms with Crippen LogP contribution in [-0.4, -0.2) is 47.8 Å². The van der Waals surface area contributed by atoms with Crippen molar-refractivity contribution in [3.05, 3.63) is 12.8 Å². The second kappa shape index (κ2) is 9.98. The second-order valence-electron chi connectivity index (χ2n) is 2.39. The van der Waals surface area contributed by atoms with E-state index in [1.165, 1.54) is 6.92 Å². The van der Waals surface area contributed by atoms with Crippen LogP contribution in [0.3, 0.4) is 0 Å². The highest BCUT2D eigenvalue weighted by molar-refractivity contribution is 7.66. The van der Waals surface area contributed by atoms with Gasteiger partial charge >= 0.3 is 29.4 Å². The fourth-order valence-corrected chi connectivity index (χ4v) is 2.94. The Labute approximate surface area is 123 Å². The summed E-state index contributed by atoms with van der Waals surface area (Å²) in [5, 5.41) is 0. The van der Waals surface area contributed by atoms with Crippen molar-refractivity contribution in [2.45, 2.75) is 6.92 Å². The fraction of sp³-hybridized carbons (Fsp3) is 0.250. The van der Waals surface area contributed by atoms with Crippen molar-refractivity contribution in [2.75, 3.05) is 0 Å². The summed E-state index contributed by atoms with van der Waals surface area (Å²) < 4.78 is 40.5. The van der Waals surface area contributed by atoms with Crippen LogP contribution in [-0.2, 0) is 31.8 Å². The van der Waals surface area contributed by atoms with Crippen LogP contribution in [0.1, 0.15) is 6.92 Å². The Morgan fingerprint density at radius 3 is 1.40 bits per heavy atom. The van der Waals surface area contributed by atoms with E-state index in [1.54, 1.807) is 0 Å². The summed E-state index contributed by atoms with van der Waals surface area (Å²) >= 11 is 0. The molecular weight excluding hydrogens is 360 g/mol. The number of carbonyl (C=O) groups excluding carboxylic acids is 1. The average Bonchev–Trinajstić information content (AvgIpc) is 1.92. The van der Waals surface area contributed by atoms with E-state index >= 15 is 0 Å². The van der Waals surface area contributed by atoms with Gasteiger partial charge in [-0.05, 0) is 0 Å². The van der Waals surface area contributed by atoms with Crippen molar-refractivity contribution < 1.29 is 56.3 Å². The number of ether oxygens (including phenoxy) is 1. The Morgan fingerprint density at radius 1 is 1.00 bits per heavy atom. The van der Waals surface area contributed by atoms with Gasteiger partial charge < -0.3 is 29.2 Å². The maximum Gasteiger partial charge on any atom is 0.490 e. The second-order valence-corrected chi connectivity index (χ2v) is 6.59. The normalized spacial score (nSPS) is 11.5. The molecule has 0 spiro atoms. The highest BCUT2D eigenvalue weighted by Crippen LogP contribution is 2.64. The quantitative estimate of drug-likeness (QED) is 0.167. The number of hydrogen-bond acceptors (Lipinski definition) is 7. The van der Waals surface area contributed by atoms with E-state index in [0.29, 0.717) is 0 Å². The molecular formula is C4H14AlO12P3. The van der Waals surface area contributed by atoms with Gasteiger partial charge in [0.15, 0.2) is 17.4 Å². The summed E-state index contributed by atoms with van der Waals surface area (Å²) in [5.74, 6) is -0.329. The van der Waals surface area contributed by atoms with Gasteiger partial charge in [-0.3, -0.25) is 4.79 Å². The number of hydrogen-bond donors (Lipinski definition) is 5. The molecule has 120 valence electrons. The molecule has 5 N–H and O–H groups in total. The number of carbonyl (C=O) groups is 1. The first kappa shape index (κ1) is 25.1. The Hall–Kier alpha value is 0.152. The fourth-order valence-electron chi connectivity index (χ4n) is 0.401. The molecule has 0 bridgehead atoms. The van der Waals surface area contributed by atoms with E-state index in [9.17, 15) is 18.5 Å². The lowest BCUT2D eigenvalue weighted by Crippen LogP contribution is -1.91. The SMILES string of the molecule is C=COC(C)=O.O=P(O)(O)OP(=O)(O)OP(=O)(O)O.[AlH3]. The molecule has 0 atom stereocenters. The first-order chi connectivity index (χ1) is 8.18. The Morgan fingerprint density at radius 2 is 1.30 bits per heavy atom. The zero-order chi connectivity index (χ0) is 15.9. The van der Waals surface area contributed by atoms with E-state index in [4.69, 9.17) is 24.5 Å². The summed E-state index contributed by atoms with van der Waals surface area (Å²) in [7, 11) is -16.2. The molecule has 20 heavy (non-hydrogen) atoms. The first-order valence-corrected chi connectivity index (χ1v) is 8.39. The maximum atomic E-state index is 10.4. The van der Waals surface area contributed by atoms with E-state index in [1.807, 2.05) is 0 Å². The van der Waals surface area contributed by atoms with Gasteiger partial charge in [0, 0.05) is 6.92 Å². The van der Waals surface area contributed by atoms with Crippen LogP contribution in [0.25, 0.3) is 0 Å². The lowest BCUT2D eigenvalue weighted by atomic mass is 10.8. The molecule has 0 aromatic carbocycles. The minimum absolute atomic E-state index is 0. The molecule has 0 heterocycles. The van der Waals surface area contributed by atoms with Crippen LogP contribution in [0.4, 0.5) is 0 Å². The molecule has 0 aliphatic carbocycles. The molecule has 0 aliphatic rings. The Kier molecular flexibility index (Phi) is 12.5. The van der Waals surface area contributed by atoms with Crippen molar-refractivity contribution in [3.8, 4) is 0 Å². The number of phosphoric acid groups is 3. The molecule has 0 aromatic heterocycles. The van der Waals surface area contributed by atoms with Gasteiger partial charge in [-0.25, -0.2) is 13.7 Å². The summed E-state index contributed by atoms with van der Waals surface area (Å²) in [5.41, 5.74) is 0. The van der Waals surface area contributed by atoms with Crippen molar-refractivity contribution in [1.82, 2.24) is 0 Å². The van der Waals surface area contributed by atoms with Gasteiger partial charge in [-0.1, -0.05) is 6.58 Å². The molecule has 0 aliphatic heterocycles. The van der Waals surface area contributed by atoms with E-state index in [2.05, 4.69) is 19.9 Å². The highest BCUT2D eigenvalue weighted by Gasteiger charge is 2.38. The monoisotopic (exact) mass is 374 g/mol. The Bertz CT molecular complexity index is 420. The Balaban J connectivity index is -0.000000352. The van der Waals surface area contributed by atoms with Crippen LogP contribution >= 0.6 is 23.5 Å². The summed E-state index contributed by atoms with van der Waals surface area (Å²) in [4.78, 5) is 50.0. The summed E-state index contributed by atoms with van der Waals surface area (Å²) in [6, 6.07) is 0.